The van der Waals surface area contributed by atoms with Gasteiger partial charge in [-0.25, -0.2) is 0 Å². The van der Waals surface area contributed by atoms with Crippen LogP contribution in [0, 0.1) is 5.41 Å². The highest BCUT2D eigenvalue weighted by Crippen LogP contribution is 2.37. The van der Waals surface area contributed by atoms with Gasteiger partial charge in [0.1, 0.15) is 0 Å². The molecule has 0 bridgehead atoms. The molecule has 0 fully saturated rings. The summed E-state index contributed by atoms with van der Waals surface area (Å²) in [6.45, 7) is 1.07. The molecule has 166 valence electrons. The van der Waals surface area contributed by atoms with Crippen LogP contribution in [-0.4, -0.2) is 6.54 Å². The molecule has 1 nitrogen and oxygen atoms in total. The monoisotopic (exact) mass is 479 g/mol. The van der Waals surface area contributed by atoms with Crippen LogP contribution in [0.3, 0.4) is 0 Å². The molecule has 0 spiro atoms. The quantitative estimate of drug-likeness (QED) is 0.364. The third-order valence-electron chi connectivity index (χ3n) is 6.22. The van der Waals surface area contributed by atoms with E-state index in [0.717, 1.165) is 25.8 Å². The van der Waals surface area contributed by atoms with Crippen molar-refractivity contribution in [2.75, 3.05) is 6.54 Å². The van der Waals surface area contributed by atoms with E-state index in [1.807, 2.05) is 0 Å². The summed E-state index contributed by atoms with van der Waals surface area (Å²) in [5, 5.41) is 0. The van der Waals surface area contributed by atoms with Crippen LogP contribution in [-0.2, 0) is 19.3 Å². The molecule has 0 atom stereocenters. The van der Waals surface area contributed by atoms with Gasteiger partial charge in [-0.15, -0.1) is 0 Å². The lowest BCUT2D eigenvalue weighted by Gasteiger charge is -2.35. The van der Waals surface area contributed by atoms with Gasteiger partial charge < -0.3 is 22.7 Å². The lowest BCUT2D eigenvalue weighted by Crippen LogP contribution is -3.00. The van der Waals surface area contributed by atoms with Gasteiger partial charge in [-0.2, -0.15) is 0 Å². The third kappa shape index (κ3) is 9.01. The number of hydrogen-bond donors (Lipinski definition) is 1. The number of rotatable bonds is 13. The van der Waals surface area contributed by atoms with Crippen molar-refractivity contribution < 1.29 is 22.7 Å². The summed E-state index contributed by atoms with van der Waals surface area (Å²) in [6.07, 6.45) is 11.3. The van der Waals surface area contributed by atoms with Crippen molar-refractivity contribution in [2.45, 2.75) is 57.8 Å². The summed E-state index contributed by atoms with van der Waals surface area (Å²) < 4.78 is 0. The molecule has 2 heteroatoms. The zero-order valence-electron chi connectivity index (χ0n) is 18.8. The maximum atomic E-state index is 3.98. The van der Waals surface area contributed by atoms with Gasteiger partial charge in [0.15, 0.2) is 0 Å². The van der Waals surface area contributed by atoms with Gasteiger partial charge in [-0.1, -0.05) is 110 Å². The molecule has 0 heterocycles. The molecule has 0 aliphatic rings. The van der Waals surface area contributed by atoms with Crippen molar-refractivity contribution in [1.29, 1.82) is 0 Å². The topological polar surface area (TPSA) is 27.6 Å². The molecule has 0 saturated carbocycles. The summed E-state index contributed by atoms with van der Waals surface area (Å²) in [7, 11) is 0. The summed E-state index contributed by atoms with van der Waals surface area (Å²) in [4.78, 5) is 0. The Balaban J connectivity index is 0.00000341. The molecule has 0 aliphatic heterocycles. The minimum atomic E-state index is 0. The molecular formula is C29H38BrN. The van der Waals surface area contributed by atoms with Gasteiger partial charge in [0.25, 0.3) is 0 Å². The van der Waals surface area contributed by atoms with Gasteiger partial charge in [0.2, 0.25) is 0 Å². The van der Waals surface area contributed by atoms with E-state index in [9.17, 15) is 0 Å². The molecule has 3 aromatic rings. The molecular weight excluding hydrogens is 442 g/mol. The van der Waals surface area contributed by atoms with Crippen LogP contribution in [0.25, 0.3) is 0 Å². The highest BCUT2D eigenvalue weighted by molar-refractivity contribution is 5.24. The lowest BCUT2D eigenvalue weighted by atomic mass is 9.69. The van der Waals surface area contributed by atoms with Crippen molar-refractivity contribution in [2.24, 2.45) is 5.41 Å². The highest BCUT2D eigenvalue weighted by Gasteiger charge is 2.30. The predicted molar refractivity (Wildman–Crippen MR) is 128 cm³/mol. The van der Waals surface area contributed by atoms with Crippen LogP contribution in [0.5, 0.6) is 0 Å². The summed E-state index contributed by atoms with van der Waals surface area (Å²) in [6, 6.07) is 33.3. The van der Waals surface area contributed by atoms with E-state index < -0.39 is 0 Å². The Hall–Kier alpha value is -1.90. The molecule has 0 amide bonds. The normalized spacial score (nSPS) is 11.1. The highest BCUT2D eigenvalue weighted by atomic mass is 79.9. The second-order valence-corrected chi connectivity index (χ2v) is 8.86. The number of hydrogen-bond acceptors (Lipinski definition) is 0. The summed E-state index contributed by atoms with van der Waals surface area (Å²) in [5.74, 6) is 0. The second kappa shape index (κ2) is 14.2. The van der Waals surface area contributed by atoms with E-state index >= 15 is 0 Å². The van der Waals surface area contributed by atoms with Gasteiger partial charge in [-0.05, 0) is 60.6 Å². The standard InChI is InChI=1S/C29H37N.BrH/c30-22-14-3-1-2-13-21-29(23-26-15-7-4-8-16-26,24-27-17-9-5-10-18-27)25-28-19-11-6-12-20-28;/h4-12,15-20H,1-3,13-14,21-25,30H2;1H. The van der Waals surface area contributed by atoms with Crippen LogP contribution in [0.1, 0.15) is 55.2 Å². The van der Waals surface area contributed by atoms with Crippen molar-refractivity contribution in [1.82, 2.24) is 0 Å². The van der Waals surface area contributed by atoms with Crippen LogP contribution < -0.4 is 22.7 Å². The average Bonchev–Trinajstić information content (AvgIpc) is 2.78. The van der Waals surface area contributed by atoms with Crippen molar-refractivity contribution >= 4 is 0 Å². The SMILES string of the molecule is [Br-].[NH3+]CCCCCCCC(Cc1ccccc1)(Cc1ccccc1)Cc1ccccc1. The fourth-order valence-corrected chi connectivity index (χ4v) is 4.75. The number of quaternary nitrogens is 1. The lowest BCUT2D eigenvalue weighted by molar-refractivity contribution is -0.368. The molecule has 3 aromatic carbocycles. The largest absolute Gasteiger partial charge is 1.00 e. The smallest absolute Gasteiger partial charge is 0.0739 e. The second-order valence-electron chi connectivity index (χ2n) is 8.86. The number of benzene rings is 3. The van der Waals surface area contributed by atoms with Crippen LogP contribution in [0.2, 0.25) is 0 Å². The molecule has 0 aliphatic carbocycles. The average molecular weight is 481 g/mol. The molecule has 0 radical (unpaired) electrons. The van der Waals surface area contributed by atoms with Gasteiger partial charge in [0.05, 0.1) is 6.54 Å². The van der Waals surface area contributed by atoms with E-state index in [4.69, 9.17) is 0 Å². The van der Waals surface area contributed by atoms with Crippen molar-refractivity contribution in [3.8, 4) is 0 Å². The number of halogens is 1. The van der Waals surface area contributed by atoms with Gasteiger partial charge in [0, 0.05) is 0 Å². The molecule has 0 aromatic heterocycles. The maximum Gasteiger partial charge on any atom is 0.0739 e. The Labute approximate surface area is 199 Å². The first kappa shape index (κ1) is 25.4. The summed E-state index contributed by atoms with van der Waals surface area (Å²) in [5.41, 5.74) is 8.61. The van der Waals surface area contributed by atoms with E-state index in [2.05, 4.69) is 96.7 Å². The molecule has 3 N–H and O–H groups in total. The Bertz CT molecular complexity index is 716. The van der Waals surface area contributed by atoms with E-state index in [0.29, 0.717) is 0 Å². The first-order chi connectivity index (χ1) is 14.8. The molecule has 3 rings (SSSR count). The first-order valence-electron chi connectivity index (χ1n) is 11.7. The van der Waals surface area contributed by atoms with E-state index in [1.54, 1.807) is 0 Å². The Morgan fingerprint density at radius 3 is 1.23 bits per heavy atom. The zero-order valence-corrected chi connectivity index (χ0v) is 20.4. The van der Waals surface area contributed by atoms with Crippen LogP contribution in [0.15, 0.2) is 91.0 Å². The fraction of sp³-hybridized carbons (Fsp3) is 0.379. The Morgan fingerprint density at radius 1 is 0.484 bits per heavy atom. The fourth-order valence-electron chi connectivity index (χ4n) is 4.75. The Morgan fingerprint density at radius 2 is 0.839 bits per heavy atom. The summed E-state index contributed by atoms with van der Waals surface area (Å²) >= 11 is 0. The minimum absolute atomic E-state index is 0. The van der Waals surface area contributed by atoms with Crippen LogP contribution >= 0.6 is 0 Å². The predicted octanol–water partition coefficient (Wildman–Crippen LogP) is 3.29. The van der Waals surface area contributed by atoms with Crippen molar-refractivity contribution in [3.05, 3.63) is 108 Å². The molecule has 0 unspecified atom stereocenters. The first-order valence-corrected chi connectivity index (χ1v) is 11.7. The van der Waals surface area contributed by atoms with Crippen molar-refractivity contribution in [3.63, 3.8) is 0 Å². The molecule has 31 heavy (non-hydrogen) atoms. The minimum Gasteiger partial charge on any atom is -1.00 e. The zero-order chi connectivity index (χ0) is 20.9. The molecule has 0 saturated heterocycles. The third-order valence-corrected chi connectivity index (χ3v) is 6.22. The Kier molecular flexibility index (Phi) is 11.6. The van der Waals surface area contributed by atoms with E-state index in [1.165, 1.54) is 55.2 Å². The maximum absolute atomic E-state index is 3.98. The van der Waals surface area contributed by atoms with E-state index in [-0.39, 0.29) is 22.4 Å². The van der Waals surface area contributed by atoms with Gasteiger partial charge in [-0.3, -0.25) is 0 Å². The van der Waals surface area contributed by atoms with Gasteiger partial charge >= 0.3 is 0 Å². The number of unbranched alkanes of at least 4 members (excludes halogenated alkanes) is 4. The van der Waals surface area contributed by atoms with Crippen LogP contribution in [0.4, 0.5) is 0 Å².